The fourth-order valence-electron chi connectivity index (χ4n) is 5.70. The van der Waals surface area contributed by atoms with Gasteiger partial charge >= 0.3 is 6.18 Å². The molecule has 1 N–H and O–H groups in total. The van der Waals surface area contributed by atoms with Gasteiger partial charge in [0.15, 0.2) is 17.2 Å². The topological polar surface area (TPSA) is 60.9 Å². The third-order valence-corrected chi connectivity index (χ3v) is 8.98. The number of nitrogens with zero attached hydrogens (tertiary/aromatic N) is 2. The summed E-state index contributed by atoms with van der Waals surface area (Å²) in [5.41, 5.74) is -2.30. The fraction of sp³-hybridized carbons (Fsp3) is 0.538. The van der Waals surface area contributed by atoms with E-state index in [9.17, 15) is 26.7 Å². The predicted octanol–water partition coefficient (Wildman–Crippen LogP) is 4.88. The number of alkyl halides is 3. The maximum Gasteiger partial charge on any atom is 0.421 e. The van der Waals surface area contributed by atoms with Crippen molar-refractivity contribution in [1.82, 2.24) is 9.21 Å². The second kappa shape index (κ2) is 9.59. The van der Waals surface area contributed by atoms with Gasteiger partial charge in [-0.2, -0.15) is 17.5 Å². The number of rotatable bonds is 6. The highest BCUT2D eigenvalue weighted by atomic mass is 32.2. The zero-order valence-corrected chi connectivity index (χ0v) is 22.0. The number of likely N-dealkylation sites (tertiary alicyclic amines) is 1. The summed E-state index contributed by atoms with van der Waals surface area (Å²) in [6.45, 7) is 4.89. The summed E-state index contributed by atoms with van der Waals surface area (Å²) in [6, 6.07) is 4.70. The molecule has 2 aliphatic heterocycles. The maximum atomic E-state index is 15.5. The lowest BCUT2D eigenvalue weighted by Crippen LogP contribution is -2.55. The molecule has 37 heavy (non-hydrogen) atoms. The number of hydrogen-bond donors (Lipinski definition) is 1. The number of sulfonamides is 1. The van der Waals surface area contributed by atoms with Crippen molar-refractivity contribution in [3.63, 3.8) is 0 Å². The smallest absolute Gasteiger partial charge is 0.376 e. The molecule has 2 aromatic carbocycles. The molecule has 2 heterocycles. The largest absolute Gasteiger partial charge is 0.421 e. The lowest BCUT2D eigenvalue weighted by atomic mass is 9.87. The van der Waals surface area contributed by atoms with Gasteiger partial charge in [0.25, 0.3) is 0 Å². The minimum Gasteiger partial charge on any atom is -0.376 e. The van der Waals surface area contributed by atoms with E-state index in [4.69, 9.17) is 0 Å². The molecule has 2 aliphatic rings. The highest BCUT2D eigenvalue weighted by molar-refractivity contribution is 7.88. The number of hydrogen-bond acceptors (Lipinski definition) is 4. The molecule has 2 fully saturated rings. The molecule has 2 saturated heterocycles. The molecule has 3 unspecified atom stereocenters. The van der Waals surface area contributed by atoms with E-state index in [0.29, 0.717) is 32.0 Å². The van der Waals surface area contributed by atoms with Crippen molar-refractivity contribution >= 4 is 10.0 Å². The molecule has 0 saturated carbocycles. The van der Waals surface area contributed by atoms with Gasteiger partial charge < -0.3 is 5.11 Å². The molecule has 2 aromatic rings. The molecule has 0 aliphatic carbocycles. The van der Waals surface area contributed by atoms with E-state index in [1.165, 1.54) is 23.6 Å². The summed E-state index contributed by atoms with van der Waals surface area (Å²) >= 11 is 0. The number of aryl methyl sites for hydroxylation is 2. The minimum atomic E-state index is -4.90. The Morgan fingerprint density at radius 1 is 1.03 bits per heavy atom. The average molecular weight is 547 g/mol. The van der Waals surface area contributed by atoms with Crippen LogP contribution in [0.3, 0.4) is 0 Å². The minimum absolute atomic E-state index is 0.0126. The molecule has 0 amide bonds. The maximum absolute atomic E-state index is 15.5. The molecule has 5 nitrogen and oxygen atoms in total. The Balaban J connectivity index is 1.65. The van der Waals surface area contributed by atoms with Gasteiger partial charge in [0.05, 0.1) is 6.26 Å². The number of piperazine rings is 1. The first-order valence-corrected chi connectivity index (χ1v) is 14.0. The number of aliphatic hydroxyl groups is 1. The van der Waals surface area contributed by atoms with E-state index >= 15 is 8.78 Å². The van der Waals surface area contributed by atoms with E-state index in [2.05, 4.69) is 0 Å². The van der Waals surface area contributed by atoms with Gasteiger partial charge in [-0.3, -0.25) is 4.90 Å². The van der Waals surface area contributed by atoms with Crippen molar-refractivity contribution in [2.45, 2.75) is 70.4 Å². The third-order valence-electron chi connectivity index (χ3n) is 7.62. The first-order valence-electron chi connectivity index (χ1n) is 12.2. The summed E-state index contributed by atoms with van der Waals surface area (Å²) < 4.78 is 96.6. The number of halogens is 5. The van der Waals surface area contributed by atoms with Gasteiger partial charge in [-0.25, -0.2) is 17.2 Å². The van der Waals surface area contributed by atoms with Gasteiger partial charge in [-0.15, -0.1) is 0 Å². The summed E-state index contributed by atoms with van der Waals surface area (Å²) in [5.74, 6) is -2.11. The molecule has 0 spiro atoms. The average Bonchev–Trinajstić information content (AvgIpc) is 3.08. The summed E-state index contributed by atoms with van der Waals surface area (Å²) in [5, 5.41) is 10.0. The summed E-state index contributed by atoms with van der Waals surface area (Å²) in [4.78, 5) is 1.94. The van der Waals surface area contributed by atoms with E-state index in [-0.39, 0.29) is 46.4 Å². The molecular weight excluding hydrogens is 515 g/mol. The lowest BCUT2D eigenvalue weighted by Gasteiger charge is -2.39. The summed E-state index contributed by atoms with van der Waals surface area (Å²) in [7, 11) is -3.35. The van der Waals surface area contributed by atoms with E-state index < -0.39 is 33.4 Å². The number of fused-ring (bicyclic) bond motifs is 2. The fourth-order valence-corrected chi connectivity index (χ4v) is 7.12. The van der Waals surface area contributed by atoms with Crippen molar-refractivity contribution in [3.8, 4) is 11.1 Å². The Kier molecular flexibility index (Phi) is 7.24. The van der Waals surface area contributed by atoms with Gasteiger partial charge in [0.1, 0.15) is 0 Å². The molecular formula is C26H31F5N2O3S. The van der Waals surface area contributed by atoms with Crippen molar-refractivity contribution in [2.24, 2.45) is 0 Å². The highest BCUT2D eigenvalue weighted by Gasteiger charge is 2.51. The Morgan fingerprint density at radius 3 is 2.11 bits per heavy atom. The monoisotopic (exact) mass is 546 g/mol. The zero-order chi connectivity index (χ0) is 27.5. The van der Waals surface area contributed by atoms with Crippen LogP contribution >= 0.6 is 0 Å². The van der Waals surface area contributed by atoms with Crippen molar-refractivity contribution in [1.29, 1.82) is 0 Å². The molecule has 2 bridgehead atoms. The van der Waals surface area contributed by atoms with E-state index in [1.54, 1.807) is 13.0 Å². The normalized spacial score (nSPS) is 22.9. The van der Waals surface area contributed by atoms with Crippen LogP contribution < -0.4 is 0 Å². The molecule has 0 aromatic heterocycles. The Labute approximate surface area is 213 Å². The molecule has 3 atom stereocenters. The van der Waals surface area contributed by atoms with Crippen LogP contribution in [0.4, 0.5) is 22.0 Å². The molecule has 0 radical (unpaired) electrons. The van der Waals surface area contributed by atoms with Crippen LogP contribution in [0.2, 0.25) is 0 Å². The van der Waals surface area contributed by atoms with Gasteiger partial charge in [-0.1, -0.05) is 31.2 Å². The van der Waals surface area contributed by atoms with E-state index in [1.807, 2.05) is 4.90 Å². The van der Waals surface area contributed by atoms with Crippen LogP contribution in [-0.4, -0.2) is 60.3 Å². The third kappa shape index (κ3) is 5.03. The molecule has 4 rings (SSSR count). The standard InChI is InChI=1S/C26H31F5N2O3S/c1-5-16-11-17(12-32-13-19-7-8-20(14-32)33(19)37(4,35)36)23(27)24(28)22(16)21-9-6-18(10-15(21)2)25(3,34)26(29,30)31/h6,9-11,19-20,34H,5,7-8,12-14H2,1-4H3. The predicted molar refractivity (Wildman–Crippen MR) is 130 cm³/mol. The van der Waals surface area contributed by atoms with Crippen LogP contribution in [0, 0.1) is 18.6 Å². The SMILES string of the molecule is CCc1cc(CN2CC3CCC(C2)N3S(C)(=O)=O)c(F)c(F)c1-c1ccc(C(C)(O)C(F)(F)F)cc1C. The highest BCUT2D eigenvalue weighted by Crippen LogP contribution is 2.41. The van der Waals surface area contributed by atoms with Crippen LogP contribution in [0.5, 0.6) is 0 Å². The second-order valence-corrected chi connectivity index (χ2v) is 12.2. The zero-order valence-electron chi connectivity index (χ0n) is 21.2. The van der Waals surface area contributed by atoms with Gasteiger partial charge in [-0.05, 0) is 55.4 Å². The Morgan fingerprint density at radius 2 is 1.62 bits per heavy atom. The van der Waals surface area contributed by atoms with Gasteiger partial charge in [0, 0.05) is 42.8 Å². The van der Waals surface area contributed by atoms with Crippen molar-refractivity contribution in [2.75, 3.05) is 19.3 Å². The number of benzene rings is 2. The van der Waals surface area contributed by atoms with Crippen LogP contribution in [0.15, 0.2) is 24.3 Å². The second-order valence-electron chi connectivity index (χ2n) is 10.3. The molecule has 11 heteroatoms. The van der Waals surface area contributed by atoms with Crippen molar-refractivity contribution in [3.05, 3.63) is 58.2 Å². The van der Waals surface area contributed by atoms with Crippen LogP contribution in [0.25, 0.3) is 11.1 Å². The first-order chi connectivity index (χ1) is 17.1. The Bertz CT molecular complexity index is 1300. The van der Waals surface area contributed by atoms with Crippen LogP contribution in [0.1, 0.15) is 48.9 Å². The van der Waals surface area contributed by atoms with Crippen LogP contribution in [-0.2, 0) is 28.6 Å². The quantitative estimate of drug-likeness (QED) is 0.525. The molecule has 204 valence electrons. The van der Waals surface area contributed by atoms with Crippen molar-refractivity contribution < 1.29 is 35.5 Å². The summed E-state index contributed by atoms with van der Waals surface area (Å²) in [6.07, 6.45) is -1.91. The first kappa shape index (κ1) is 27.9. The van der Waals surface area contributed by atoms with E-state index in [0.717, 1.165) is 25.0 Å². The lowest BCUT2D eigenvalue weighted by molar-refractivity contribution is -0.258. The Hall–Kier alpha value is -2.08. The van der Waals surface area contributed by atoms with Gasteiger partial charge in [0.2, 0.25) is 10.0 Å².